The van der Waals surface area contributed by atoms with Gasteiger partial charge < -0.3 is 15.2 Å². The van der Waals surface area contributed by atoms with Crippen molar-refractivity contribution >= 4 is 17.6 Å². The molecule has 0 aliphatic carbocycles. The number of carboxylic acid groups (broad SMARTS) is 1. The Labute approximate surface area is 191 Å². The maximum Gasteiger partial charge on any atom is 0.335 e. The lowest BCUT2D eigenvalue weighted by Crippen LogP contribution is -2.08. The molecular formula is C24H24N6O3. The molecule has 3 aromatic heterocycles. The van der Waals surface area contributed by atoms with E-state index in [1.807, 2.05) is 45.2 Å². The van der Waals surface area contributed by atoms with Crippen molar-refractivity contribution in [1.29, 1.82) is 0 Å². The number of hydrogen-bond acceptors (Lipinski definition) is 7. The molecule has 0 spiro atoms. The van der Waals surface area contributed by atoms with Gasteiger partial charge in [0.1, 0.15) is 23.1 Å². The molecule has 1 unspecified atom stereocenters. The fourth-order valence-corrected chi connectivity index (χ4v) is 3.37. The van der Waals surface area contributed by atoms with Crippen LogP contribution < -0.4 is 10.1 Å². The molecule has 0 aliphatic heterocycles. The van der Waals surface area contributed by atoms with Gasteiger partial charge in [0.25, 0.3) is 0 Å². The first-order valence-corrected chi connectivity index (χ1v) is 10.5. The lowest BCUT2D eigenvalue weighted by Gasteiger charge is -2.11. The number of carboxylic acids is 1. The number of ether oxygens (including phenoxy) is 1. The number of nitrogens with one attached hydrogen (secondary N) is 1. The maximum atomic E-state index is 11.1. The van der Waals surface area contributed by atoms with Crippen LogP contribution in [0.5, 0.6) is 5.75 Å². The number of aromatic nitrogens is 5. The molecule has 4 rings (SSSR count). The maximum absolute atomic E-state index is 11.1. The van der Waals surface area contributed by atoms with E-state index in [2.05, 4.69) is 25.6 Å². The second-order valence-corrected chi connectivity index (χ2v) is 7.54. The first-order chi connectivity index (χ1) is 15.9. The van der Waals surface area contributed by atoms with Crippen LogP contribution in [0.15, 0.2) is 60.9 Å². The summed E-state index contributed by atoms with van der Waals surface area (Å²) >= 11 is 0. The SMILES string of the molecule is CCOc1ccnc(Nc2cc(C)cc(-c3cn(C(C)c4ccc(C(=O)O)cc4)nn3)n2)c1. The molecule has 4 aromatic rings. The topological polar surface area (TPSA) is 115 Å². The van der Waals surface area contributed by atoms with Gasteiger partial charge >= 0.3 is 5.97 Å². The van der Waals surface area contributed by atoms with Gasteiger partial charge in [-0.25, -0.2) is 19.4 Å². The molecule has 168 valence electrons. The van der Waals surface area contributed by atoms with Gasteiger partial charge in [0.15, 0.2) is 0 Å². The number of carbonyl (C=O) groups is 1. The molecule has 1 aromatic carbocycles. The molecule has 0 amide bonds. The van der Waals surface area contributed by atoms with E-state index < -0.39 is 5.97 Å². The normalized spacial score (nSPS) is 11.7. The van der Waals surface area contributed by atoms with Crippen LogP contribution in [0.4, 0.5) is 11.6 Å². The molecule has 9 heteroatoms. The first-order valence-electron chi connectivity index (χ1n) is 10.5. The molecule has 1 atom stereocenters. The van der Waals surface area contributed by atoms with Crippen molar-refractivity contribution in [3.63, 3.8) is 0 Å². The predicted octanol–water partition coefficient (Wildman–Crippen LogP) is 4.49. The Morgan fingerprint density at radius 2 is 1.91 bits per heavy atom. The second-order valence-electron chi connectivity index (χ2n) is 7.54. The highest BCUT2D eigenvalue weighted by Gasteiger charge is 2.14. The summed E-state index contributed by atoms with van der Waals surface area (Å²) in [4.78, 5) is 20.1. The zero-order valence-corrected chi connectivity index (χ0v) is 18.6. The van der Waals surface area contributed by atoms with Gasteiger partial charge in [0, 0.05) is 12.3 Å². The van der Waals surface area contributed by atoms with E-state index in [0.29, 0.717) is 29.6 Å². The molecule has 9 nitrogen and oxygen atoms in total. The van der Waals surface area contributed by atoms with Crippen LogP contribution in [-0.2, 0) is 0 Å². The molecule has 0 aliphatic rings. The second kappa shape index (κ2) is 9.47. The number of aromatic carboxylic acids is 1. The van der Waals surface area contributed by atoms with Gasteiger partial charge in [-0.3, -0.25) is 0 Å². The van der Waals surface area contributed by atoms with E-state index in [9.17, 15) is 4.79 Å². The molecule has 0 bridgehead atoms. The number of nitrogens with zero attached hydrogens (tertiary/aromatic N) is 5. The summed E-state index contributed by atoms with van der Waals surface area (Å²) in [6.07, 6.45) is 3.51. The smallest absolute Gasteiger partial charge is 0.335 e. The number of aryl methyl sites for hydroxylation is 1. The van der Waals surface area contributed by atoms with Crippen molar-refractivity contribution in [2.24, 2.45) is 0 Å². The largest absolute Gasteiger partial charge is 0.494 e. The van der Waals surface area contributed by atoms with Gasteiger partial charge in [-0.15, -0.1) is 5.10 Å². The standard InChI is InChI=1S/C24H24N6O3/c1-4-33-19-9-10-25-22(13-19)27-23-12-15(2)11-20(26-23)21-14-30(29-28-21)16(3)17-5-7-18(8-6-17)24(31)32/h5-14,16H,4H2,1-3H3,(H,31,32)(H,25,26,27). The van der Waals surface area contributed by atoms with Crippen molar-refractivity contribution in [1.82, 2.24) is 25.0 Å². The number of hydrogen-bond donors (Lipinski definition) is 2. The van der Waals surface area contributed by atoms with E-state index in [-0.39, 0.29) is 11.6 Å². The number of benzene rings is 1. The highest BCUT2D eigenvalue weighted by Crippen LogP contribution is 2.24. The van der Waals surface area contributed by atoms with E-state index >= 15 is 0 Å². The summed E-state index contributed by atoms with van der Waals surface area (Å²) in [6, 6.07) is 14.1. The van der Waals surface area contributed by atoms with E-state index in [0.717, 1.165) is 16.9 Å². The Morgan fingerprint density at radius 3 is 2.64 bits per heavy atom. The third kappa shape index (κ3) is 5.15. The van der Waals surface area contributed by atoms with E-state index in [1.165, 1.54) is 0 Å². The van der Waals surface area contributed by atoms with E-state index in [1.54, 1.807) is 41.2 Å². The summed E-state index contributed by atoms with van der Waals surface area (Å²) in [5.74, 6) is 1.05. The number of rotatable bonds is 8. The highest BCUT2D eigenvalue weighted by atomic mass is 16.5. The number of pyridine rings is 2. The van der Waals surface area contributed by atoms with Crippen LogP contribution in [0.3, 0.4) is 0 Å². The average Bonchev–Trinajstić information content (AvgIpc) is 3.29. The van der Waals surface area contributed by atoms with Crippen molar-refractivity contribution in [2.75, 3.05) is 11.9 Å². The lowest BCUT2D eigenvalue weighted by atomic mass is 10.1. The fourth-order valence-electron chi connectivity index (χ4n) is 3.37. The van der Waals surface area contributed by atoms with Gasteiger partial charge in [0.2, 0.25) is 0 Å². The average molecular weight is 444 g/mol. The Hall–Kier alpha value is -4.27. The first kappa shape index (κ1) is 21.9. The van der Waals surface area contributed by atoms with Crippen molar-refractivity contribution in [2.45, 2.75) is 26.8 Å². The summed E-state index contributed by atoms with van der Waals surface area (Å²) in [5, 5.41) is 20.9. The van der Waals surface area contributed by atoms with Crippen LogP contribution in [0.2, 0.25) is 0 Å². The molecular weight excluding hydrogens is 420 g/mol. The molecule has 33 heavy (non-hydrogen) atoms. The molecule has 0 radical (unpaired) electrons. The minimum atomic E-state index is -0.952. The van der Waals surface area contributed by atoms with Crippen molar-refractivity contribution in [3.05, 3.63) is 77.6 Å². The highest BCUT2D eigenvalue weighted by molar-refractivity contribution is 5.87. The zero-order chi connectivity index (χ0) is 23.4. The van der Waals surface area contributed by atoms with Crippen LogP contribution in [0.25, 0.3) is 11.4 Å². The monoisotopic (exact) mass is 444 g/mol. The molecule has 0 saturated carbocycles. The van der Waals surface area contributed by atoms with Crippen LogP contribution in [0, 0.1) is 6.92 Å². The zero-order valence-electron chi connectivity index (χ0n) is 18.6. The Morgan fingerprint density at radius 1 is 1.12 bits per heavy atom. The Balaban J connectivity index is 1.56. The van der Waals surface area contributed by atoms with Gasteiger partial charge in [-0.05, 0) is 62.2 Å². The Bertz CT molecular complexity index is 1270. The summed E-state index contributed by atoms with van der Waals surface area (Å²) in [6.45, 7) is 6.47. The summed E-state index contributed by atoms with van der Waals surface area (Å²) in [5.41, 5.74) is 3.49. The molecule has 0 fully saturated rings. The van der Waals surface area contributed by atoms with Crippen LogP contribution in [0.1, 0.15) is 41.4 Å². The van der Waals surface area contributed by atoms with Gasteiger partial charge in [0.05, 0.1) is 30.1 Å². The summed E-state index contributed by atoms with van der Waals surface area (Å²) in [7, 11) is 0. The van der Waals surface area contributed by atoms with Crippen molar-refractivity contribution in [3.8, 4) is 17.1 Å². The lowest BCUT2D eigenvalue weighted by molar-refractivity contribution is 0.0697. The molecule has 2 N–H and O–H groups in total. The van der Waals surface area contributed by atoms with Gasteiger partial charge in [-0.1, -0.05) is 17.3 Å². The quantitative estimate of drug-likeness (QED) is 0.408. The third-order valence-electron chi connectivity index (χ3n) is 5.08. The third-order valence-corrected chi connectivity index (χ3v) is 5.08. The number of anilines is 2. The molecule has 0 saturated heterocycles. The Kier molecular flexibility index (Phi) is 6.30. The summed E-state index contributed by atoms with van der Waals surface area (Å²) < 4.78 is 7.26. The predicted molar refractivity (Wildman–Crippen MR) is 124 cm³/mol. The van der Waals surface area contributed by atoms with Crippen molar-refractivity contribution < 1.29 is 14.6 Å². The molecule has 3 heterocycles. The van der Waals surface area contributed by atoms with Crippen LogP contribution in [-0.4, -0.2) is 42.6 Å². The minimum Gasteiger partial charge on any atom is -0.494 e. The van der Waals surface area contributed by atoms with E-state index in [4.69, 9.17) is 9.84 Å². The van der Waals surface area contributed by atoms with Gasteiger partial charge in [-0.2, -0.15) is 0 Å². The van der Waals surface area contributed by atoms with Crippen LogP contribution >= 0.6 is 0 Å². The fraction of sp³-hybridized carbons (Fsp3) is 0.208. The minimum absolute atomic E-state index is 0.123.